The average molecular weight is 464 g/mol. The van der Waals surface area contributed by atoms with Crippen LogP contribution in [0.1, 0.15) is 5.56 Å². The Hall–Kier alpha value is -2.09. The number of anilines is 2. The van der Waals surface area contributed by atoms with E-state index in [4.69, 9.17) is 11.6 Å². The second-order valence-corrected chi connectivity index (χ2v) is 7.76. The third-order valence-corrected chi connectivity index (χ3v) is 5.54. The Balaban J connectivity index is 1.54. The van der Waals surface area contributed by atoms with Gasteiger partial charge in [-0.3, -0.25) is 4.79 Å². The lowest BCUT2D eigenvalue weighted by Crippen LogP contribution is -2.14. The molecule has 0 radical (unpaired) electrons. The monoisotopic (exact) mass is 462 g/mol. The van der Waals surface area contributed by atoms with E-state index < -0.39 is 0 Å². The van der Waals surface area contributed by atoms with Crippen LogP contribution in [0.3, 0.4) is 0 Å². The highest BCUT2D eigenvalue weighted by atomic mass is 79.9. The van der Waals surface area contributed by atoms with E-state index in [2.05, 4.69) is 36.5 Å². The molecule has 0 aliphatic rings. The maximum absolute atomic E-state index is 12.1. The third kappa shape index (κ3) is 5.95. The van der Waals surface area contributed by atoms with Crippen LogP contribution in [-0.4, -0.2) is 21.6 Å². The number of carbonyl (C=O) groups is 1. The van der Waals surface area contributed by atoms with Crippen LogP contribution in [0.4, 0.5) is 11.5 Å². The molecule has 1 aromatic heterocycles. The highest BCUT2D eigenvalue weighted by molar-refractivity contribution is 9.10. The quantitative estimate of drug-likeness (QED) is 0.371. The van der Waals surface area contributed by atoms with Gasteiger partial charge in [-0.1, -0.05) is 53.7 Å². The maximum atomic E-state index is 12.1. The Morgan fingerprint density at radius 2 is 1.89 bits per heavy atom. The first-order valence-corrected chi connectivity index (χ1v) is 10.2. The van der Waals surface area contributed by atoms with E-state index in [1.807, 2.05) is 54.6 Å². The first kappa shape index (κ1) is 19.7. The number of carbonyl (C=O) groups excluding carboxylic acids is 1. The number of amides is 1. The van der Waals surface area contributed by atoms with Crippen LogP contribution < -0.4 is 10.6 Å². The van der Waals surface area contributed by atoms with Crippen LogP contribution in [0.5, 0.6) is 0 Å². The highest BCUT2D eigenvalue weighted by Gasteiger charge is 2.08. The molecule has 27 heavy (non-hydrogen) atoms. The number of nitrogens with zero attached hydrogens (tertiary/aromatic N) is 2. The SMILES string of the molecule is O=C(CSc1cc(NCc2ccccc2Cl)ncn1)Nc1ccccc1Br. The summed E-state index contributed by atoms with van der Waals surface area (Å²) in [6.45, 7) is 0.559. The molecule has 2 aromatic carbocycles. The molecule has 138 valence electrons. The lowest BCUT2D eigenvalue weighted by atomic mass is 10.2. The number of hydrogen-bond donors (Lipinski definition) is 2. The average Bonchev–Trinajstić information content (AvgIpc) is 2.68. The summed E-state index contributed by atoms with van der Waals surface area (Å²) < 4.78 is 0.844. The van der Waals surface area contributed by atoms with Crippen LogP contribution in [0.2, 0.25) is 5.02 Å². The third-order valence-electron chi connectivity index (χ3n) is 3.56. The molecule has 0 saturated heterocycles. The molecule has 0 aliphatic heterocycles. The highest BCUT2D eigenvalue weighted by Crippen LogP contribution is 2.23. The van der Waals surface area contributed by atoms with Gasteiger partial charge in [-0.2, -0.15) is 0 Å². The van der Waals surface area contributed by atoms with Crippen molar-refractivity contribution < 1.29 is 4.79 Å². The number of thioether (sulfide) groups is 1. The Kier molecular flexibility index (Phi) is 7.09. The largest absolute Gasteiger partial charge is 0.366 e. The van der Waals surface area contributed by atoms with E-state index in [1.165, 1.54) is 18.1 Å². The normalized spacial score (nSPS) is 10.4. The minimum Gasteiger partial charge on any atom is -0.366 e. The first-order chi connectivity index (χ1) is 13.1. The fraction of sp³-hybridized carbons (Fsp3) is 0.105. The standard InChI is InChI=1S/C19H16BrClN4OS/c20-14-6-2-4-8-16(14)25-18(26)11-27-19-9-17(23-12-24-19)22-10-13-5-1-3-7-15(13)21/h1-9,12H,10-11H2,(H,25,26)(H,22,23,24). The van der Waals surface area contributed by atoms with Crippen molar-refractivity contribution >= 4 is 56.7 Å². The van der Waals surface area contributed by atoms with Crippen molar-refractivity contribution in [2.24, 2.45) is 0 Å². The second kappa shape index (κ2) is 9.73. The molecule has 0 spiro atoms. The van der Waals surface area contributed by atoms with Crippen molar-refractivity contribution in [1.29, 1.82) is 0 Å². The van der Waals surface area contributed by atoms with Crippen molar-refractivity contribution in [2.45, 2.75) is 11.6 Å². The van der Waals surface area contributed by atoms with Gasteiger partial charge in [-0.25, -0.2) is 9.97 Å². The van der Waals surface area contributed by atoms with E-state index in [-0.39, 0.29) is 11.7 Å². The van der Waals surface area contributed by atoms with Crippen molar-refractivity contribution in [3.63, 3.8) is 0 Å². The van der Waals surface area contributed by atoms with Gasteiger partial charge >= 0.3 is 0 Å². The number of nitrogens with one attached hydrogen (secondary N) is 2. The van der Waals surface area contributed by atoms with Crippen LogP contribution in [0, 0.1) is 0 Å². The van der Waals surface area contributed by atoms with Crippen LogP contribution >= 0.6 is 39.3 Å². The molecule has 8 heteroatoms. The molecule has 0 atom stereocenters. The lowest BCUT2D eigenvalue weighted by molar-refractivity contribution is -0.113. The fourth-order valence-corrected chi connectivity index (χ4v) is 3.49. The molecule has 3 rings (SSSR count). The van der Waals surface area contributed by atoms with E-state index in [1.54, 1.807) is 0 Å². The molecular formula is C19H16BrClN4OS. The Labute approximate surface area is 175 Å². The minimum absolute atomic E-state index is 0.101. The zero-order valence-electron chi connectivity index (χ0n) is 14.2. The van der Waals surface area contributed by atoms with Crippen molar-refractivity contribution in [3.8, 4) is 0 Å². The Morgan fingerprint density at radius 3 is 2.70 bits per heavy atom. The minimum atomic E-state index is -0.101. The summed E-state index contributed by atoms with van der Waals surface area (Å²) in [4.78, 5) is 20.6. The van der Waals surface area contributed by atoms with E-state index in [0.717, 1.165) is 15.7 Å². The molecule has 5 nitrogen and oxygen atoms in total. The Bertz CT molecular complexity index is 941. The van der Waals surface area contributed by atoms with Crippen molar-refractivity contribution in [2.75, 3.05) is 16.4 Å². The summed E-state index contributed by atoms with van der Waals surface area (Å²) in [6, 6.07) is 16.9. The summed E-state index contributed by atoms with van der Waals surface area (Å²) in [5.74, 6) is 0.831. The van der Waals surface area contributed by atoms with Gasteiger partial charge in [0.25, 0.3) is 0 Å². The van der Waals surface area contributed by atoms with Gasteiger partial charge in [0.05, 0.1) is 11.4 Å². The molecule has 0 bridgehead atoms. The lowest BCUT2D eigenvalue weighted by Gasteiger charge is -2.09. The summed E-state index contributed by atoms with van der Waals surface area (Å²) in [7, 11) is 0. The zero-order chi connectivity index (χ0) is 19.1. The van der Waals surface area contributed by atoms with Gasteiger partial charge in [0.2, 0.25) is 5.91 Å². The number of rotatable bonds is 7. The molecule has 0 fully saturated rings. The second-order valence-electron chi connectivity index (χ2n) is 5.50. The number of aromatic nitrogens is 2. The van der Waals surface area contributed by atoms with Crippen LogP contribution in [0.25, 0.3) is 0 Å². The molecule has 0 saturated carbocycles. The zero-order valence-corrected chi connectivity index (χ0v) is 17.3. The van der Waals surface area contributed by atoms with Gasteiger partial charge in [0, 0.05) is 22.1 Å². The predicted octanol–water partition coefficient (Wildman–Crippen LogP) is 5.24. The van der Waals surface area contributed by atoms with E-state index in [9.17, 15) is 4.79 Å². The van der Waals surface area contributed by atoms with Crippen molar-refractivity contribution in [3.05, 3.63) is 76.0 Å². The number of hydrogen-bond acceptors (Lipinski definition) is 5. The summed E-state index contributed by atoms with van der Waals surface area (Å²) in [5.41, 5.74) is 1.73. The number of halogens is 2. The van der Waals surface area contributed by atoms with Gasteiger partial charge < -0.3 is 10.6 Å². The van der Waals surface area contributed by atoms with Gasteiger partial charge in [0.1, 0.15) is 17.2 Å². The topological polar surface area (TPSA) is 66.9 Å². The van der Waals surface area contributed by atoms with Gasteiger partial charge in [-0.05, 0) is 39.7 Å². The molecule has 2 N–H and O–H groups in total. The van der Waals surface area contributed by atoms with Crippen LogP contribution in [0.15, 0.2) is 70.4 Å². The van der Waals surface area contributed by atoms with E-state index >= 15 is 0 Å². The molecule has 1 heterocycles. The molecule has 3 aromatic rings. The maximum Gasteiger partial charge on any atom is 0.234 e. The number of benzene rings is 2. The molecule has 0 unspecified atom stereocenters. The summed E-state index contributed by atoms with van der Waals surface area (Å²) in [6.07, 6.45) is 1.48. The van der Waals surface area contributed by atoms with Gasteiger partial charge in [-0.15, -0.1) is 0 Å². The molecule has 0 aliphatic carbocycles. The summed E-state index contributed by atoms with van der Waals surface area (Å²) >= 11 is 10.9. The molecular weight excluding hydrogens is 448 g/mol. The predicted molar refractivity (Wildman–Crippen MR) is 114 cm³/mol. The van der Waals surface area contributed by atoms with Crippen molar-refractivity contribution in [1.82, 2.24) is 9.97 Å². The van der Waals surface area contributed by atoms with Crippen LogP contribution in [-0.2, 0) is 11.3 Å². The van der Waals surface area contributed by atoms with Gasteiger partial charge in [0.15, 0.2) is 0 Å². The fourth-order valence-electron chi connectivity index (χ4n) is 2.23. The smallest absolute Gasteiger partial charge is 0.234 e. The Morgan fingerprint density at radius 1 is 1.11 bits per heavy atom. The first-order valence-electron chi connectivity index (χ1n) is 8.08. The van der Waals surface area contributed by atoms with E-state index in [0.29, 0.717) is 22.4 Å². The molecule has 1 amide bonds. The number of para-hydroxylation sites is 1. The summed E-state index contributed by atoms with van der Waals surface area (Å²) in [5, 5.41) is 7.51.